The molecular weight excluding hydrogens is 660 g/mol. The number of hydrogen-bond acceptors (Lipinski definition) is 11. The van der Waals surface area contributed by atoms with Gasteiger partial charge in [0.25, 0.3) is 17.4 Å². The Morgan fingerprint density at radius 1 is 0.940 bits per heavy atom. The number of hydrogen-bond donors (Lipinski definition) is 1. The quantitative estimate of drug-likeness (QED) is 0.286. The fraction of sp³-hybridized carbons (Fsp3) is 0.389. The molecule has 4 aliphatic rings. The number of piperidine rings is 2. The molecule has 0 saturated carbocycles. The van der Waals surface area contributed by atoms with Crippen LogP contribution in [0.3, 0.4) is 0 Å². The molecule has 6 heterocycles. The number of imide groups is 2. The van der Waals surface area contributed by atoms with E-state index in [1.165, 1.54) is 11.5 Å². The molecule has 8 rings (SSSR count). The second-order valence-corrected chi connectivity index (χ2v) is 14.5. The van der Waals surface area contributed by atoms with Gasteiger partial charge in [-0.05, 0) is 79.8 Å². The molecule has 2 aromatic heterocycles. The molecule has 1 atom stereocenters. The van der Waals surface area contributed by atoms with E-state index in [1.807, 2.05) is 24.4 Å². The molecule has 3 fully saturated rings. The van der Waals surface area contributed by atoms with Crippen LogP contribution >= 0.6 is 11.5 Å². The summed E-state index contributed by atoms with van der Waals surface area (Å²) in [5.74, 6) is -0.544. The highest BCUT2D eigenvalue weighted by molar-refractivity contribution is 7.13. The van der Waals surface area contributed by atoms with E-state index in [-0.39, 0.29) is 29.4 Å². The van der Waals surface area contributed by atoms with Gasteiger partial charge >= 0.3 is 0 Å². The number of likely N-dealkylation sites (tertiary alicyclic amines) is 1. The van der Waals surface area contributed by atoms with Gasteiger partial charge in [0.2, 0.25) is 11.8 Å². The molecule has 0 bridgehead atoms. The normalized spacial score (nSPS) is 20.3. The zero-order chi connectivity index (χ0) is 34.9. The van der Waals surface area contributed by atoms with E-state index >= 15 is 0 Å². The second kappa shape index (κ2) is 12.1. The van der Waals surface area contributed by atoms with Gasteiger partial charge in [0.1, 0.15) is 17.5 Å². The van der Waals surface area contributed by atoms with Gasteiger partial charge < -0.3 is 18.9 Å². The number of aromatic nitrogens is 2. The number of amides is 4. The Morgan fingerprint density at radius 3 is 2.32 bits per heavy atom. The lowest BCUT2D eigenvalue weighted by Gasteiger charge is -2.55. The number of carbonyl (C=O) groups is 4. The highest BCUT2D eigenvalue weighted by Crippen LogP contribution is 2.45. The highest BCUT2D eigenvalue weighted by atomic mass is 32.1. The van der Waals surface area contributed by atoms with Crippen molar-refractivity contribution in [3.63, 3.8) is 0 Å². The maximum absolute atomic E-state index is 13.3. The average Bonchev–Trinajstić information content (AvgIpc) is 3.69. The molecule has 50 heavy (non-hydrogen) atoms. The van der Waals surface area contributed by atoms with Crippen molar-refractivity contribution in [2.45, 2.75) is 38.3 Å². The minimum Gasteiger partial charge on any atom is -0.496 e. The molecule has 1 spiro atoms. The van der Waals surface area contributed by atoms with Gasteiger partial charge in [0, 0.05) is 56.0 Å². The molecular formula is C36H36N6O7S. The largest absolute Gasteiger partial charge is 0.496 e. The van der Waals surface area contributed by atoms with Gasteiger partial charge in [-0.3, -0.25) is 39.1 Å². The third-order valence-corrected chi connectivity index (χ3v) is 11.6. The first kappa shape index (κ1) is 32.1. The number of nitrogens with zero attached hydrogens (tertiary/aromatic N) is 5. The van der Waals surface area contributed by atoms with E-state index in [1.54, 1.807) is 44.2 Å². The smallest absolute Gasteiger partial charge is 0.262 e. The lowest BCUT2D eigenvalue weighted by atomic mass is 9.71. The molecule has 3 saturated heterocycles. The van der Waals surface area contributed by atoms with Crippen molar-refractivity contribution in [3.8, 4) is 22.6 Å². The van der Waals surface area contributed by atoms with Crippen LogP contribution in [0.5, 0.6) is 11.5 Å². The first-order valence-electron chi connectivity index (χ1n) is 16.6. The number of benzene rings is 2. The number of fused-ring (bicyclic) bond motifs is 2. The van der Waals surface area contributed by atoms with Crippen molar-refractivity contribution < 1.29 is 28.7 Å². The molecule has 13 nitrogen and oxygen atoms in total. The van der Waals surface area contributed by atoms with Crippen LogP contribution in [-0.4, -0.2) is 88.8 Å². The predicted molar refractivity (Wildman–Crippen MR) is 186 cm³/mol. The van der Waals surface area contributed by atoms with Crippen LogP contribution in [0.25, 0.3) is 21.2 Å². The minimum atomic E-state index is -0.978. The number of carbonyl (C=O) groups excluding carboxylic acids is 4. The minimum absolute atomic E-state index is 0.0808. The summed E-state index contributed by atoms with van der Waals surface area (Å²) in [4.78, 5) is 68.8. The van der Waals surface area contributed by atoms with Crippen molar-refractivity contribution >= 4 is 50.9 Å². The fourth-order valence-electron chi connectivity index (χ4n) is 7.92. The molecule has 4 aliphatic heterocycles. The summed E-state index contributed by atoms with van der Waals surface area (Å²) in [5, 5.41) is 2.83. The van der Waals surface area contributed by atoms with Gasteiger partial charge in [-0.25, -0.2) is 0 Å². The highest BCUT2D eigenvalue weighted by Gasteiger charge is 2.47. The molecule has 4 amide bonds. The fourth-order valence-corrected chi connectivity index (χ4v) is 8.69. The predicted octanol–water partition coefficient (Wildman–Crippen LogP) is 3.18. The number of methoxy groups -OCH3 is 2. The van der Waals surface area contributed by atoms with Crippen LogP contribution in [0.1, 0.15) is 52.0 Å². The summed E-state index contributed by atoms with van der Waals surface area (Å²) in [6.45, 7) is 4.18. The number of rotatable bonds is 7. The summed E-state index contributed by atoms with van der Waals surface area (Å²) < 4.78 is 18.5. The van der Waals surface area contributed by atoms with Gasteiger partial charge in [-0.15, -0.1) is 0 Å². The van der Waals surface area contributed by atoms with Gasteiger partial charge in [0.15, 0.2) is 0 Å². The SMILES string of the molecule is COc1cc(-c2cn(C)c(=O)c3cnsc23)cc(OC)c1CN1CCC2(CC1)CN(c1ccc3c(c1)C(=O)N(C1CCC(=O)NC1=O)C3=O)C2. The number of ether oxygens (including phenoxy) is 2. The van der Waals surface area contributed by atoms with E-state index in [0.29, 0.717) is 17.5 Å². The Labute approximate surface area is 291 Å². The Balaban J connectivity index is 0.935. The molecule has 0 aliphatic carbocycles. The van der Waals surface area contributed by atoms with E-state index < -0.39 is 29.7 Å². The van der Waals surface area contributed by atoms with E-state index in [0.717, 1.165) is 82.5 Å². The number of nitrogens with one attached hydrogen (secondary N) is 1. The van der Waals surface area contributed by atoms with E-state index in [4.69, 9.17) is 9.47 Å². The summed E-state index contributed by atoms with van der Waals surface area (Å²) in [6.07, 6.45) is 5.70. The van der Waals surface area contributed by atoms with Gasteiger partial charge in [0.05, 0.1) is 47.2 Å². The number of pyridine rings is 1. The Hall–Kier alpha value is -5.08. The second-order valence-electron chi connectivity index (χ2n) is 13.7. The zero-order valence-electron chi connectivity index (χ0n) is 28.0. The first-order valence-corrected chi connectivity index (χ1v) is 17.4. The van der Waals surface area contributed by atoms with Crippen LogP contribution in [-0.2, 0) is 23.2 Å². The van der Waals surface area contributed by atoms with Crippen LogP contribution in [0.4, 0.5) is 5.69 Å². The number of anilines is 1. The van der Waals surface area contributed by atoms with Crippen molar-refractivity contribution in [1.82, 2.24) is 24.1 Å². The van der Waals surface area contributed by atoms with Crippen LogP contribution in [0.2, 0.25) is 0 Å². The van der Waals surface area contributed by atoms with Crippen molar-refractivity contribution in [3.05, 3.63) is 69.8 Å². The molecule has 0 radical (unpaired) electrons. The Kier molecular flexibility index (Phi) is 7.75. The van der Waals surface area contributed by atoms with Crippen molar-refractivity contribution in [2.75, 3.05) is 45.3 Å². The number of aryl methyl sites for hydroxylation is 1. The van der Waals surface area contributed by atoms with Crippen LogP contribution in [0, 0.1) is 5.41 Å². The molecule has 2 aromatic carbocycles. The Morgan fingerprint density at radius 2 is 1.64 bits per heavy atom. The maximum Gasteiger partial charge on any atom is 0.262 e. The summed E-state index contributed by atoms with van der Waals surface area (Å²) >= 11 is 1.30. The summed E-state index contributed by atoms with van der Waals surface area (Å²) in [5.41, 5.74) is 4.31. The molecule has 14 heteroatoms. The first-order chi connectivity index (χ1) is 24.1. The lowest BCUT2D eigenvalue weighted by molar-refractivity contribution is -0.136. The summed E-state index contributed by atoms with van der Waals surface area (Å²) in [6, 6.07) is 8.35. The van der Waals surface area contributed by atoms with Crippen molar-refractivity contribution in [1.29, 1.82) is 0 Å². The standard InChI is InChI=1S/C36H36N6O7S/c1-39-16-25(31-24(33(39)45)15-37-50-31)20-12-28(48-2)26(29(13-20)49-3)17-40-10-8-36(9-11-40)18-41(19-36)21-4-5-22-23(14-21)35(47)42(34(22)46)27-6-7-30(43)38-32(27)44/h4-5,12-16,27H,6-11,17-19H2,1-3H3,(H,38,43,44). The van der Waals surface area contributed by atoms with E-state index in [9.17, 15) is 24.0 Å². The van der Waals surface area contributed by atoms with Crippen LogP contribution in [0.15, 0.2) is 47.5 Å². The molecule has 4 aromatic rings. The molecule has 1 unspecified atom stereocenters. The van der Waals surface area contributed by atoms with Gasteiger partial charge in [-0.1, -0.05) is 0 Å². The third-order valence-electron chi connectivity index (χ3n) is 10.7. The third kappa shape index (κ3) is 5.16. The maximum atomic E-state index is 13.3. The monoisotopic (exact) mass is 696 g/mol. The lowest BCUT2D eigenvalue weighted by Crippen LogP contribution is -2.60. The zero-order valence-corrected chi connectivity index (χ0v) is 28.8. The molecule has 1 N–H and O–H groups in total. The van der Waals surface area contributed by atoms with Crippen LogP contribution < -0.4 is 25.2 Å². The average molecular weight is 697 g/mol. The van der Waals surface area contributed by atoms with E-state index in [2.05, 4.69) is 19.5 Å². The van der Waals surface area contributed by atoms with Gasteiger partial charge in [-0.2, -0.15) is 4.37 Å². The van der Waals surface area contributed by atoms with Crippen molar-refractivity contribution in [2.24, 2.45) is 12.5 Å². The molecule has 258 valence electrons. The Bertz CT molecular complexity index is 2130. The summed E-state index contributed by atoms with van der Waals surface area (Å²) in [7, 11) is 5.06. The topological polar surface area (TPSA) is 143 Å².